The zero-order valence-corrected chi connectivity index (χ0v) is 26.4. The standard InChI is InChI=1S/C36H50N2O4/c1-22(11-14-30-33(2,3)42-30)27-12-13-28-35(27,5)19-17-29-34(4)18-16-24(39)21-23(34)15-20-36(28,29)38-32(41)26-10-8-7-9-25(26)31(40)37(38)6/h7-10,15,20,22-24,27-30,39H,11-14,16-19,21H2,1-6H3/t22?,23?,24?,27?,28?,29?,30?,34?,35?,36-/m0/s1. The zero-order valence-electron chi connectivity index (χ0n) is 26.4. The van der Waals surface area contributed by atoms with E-state index in [4.69, 9.17) is 4.74 Å². The van der Waals surface area contributed by atoms with Crippen LogP contribution in [0.5, 0.6) is 0 Å². The van der Waals surface area contributed by atoms with Crippen LogP contribution in [-0.2, 0) is 17.3 Å². The van der Waals surface area contributed by atoms with Crippen LogP contribution in [0.3, 0.4) is 0 Å². The van der Waals surface area contributed by atoms with Crippen LogP contribution in [0.4, 0.5) is 0 Å². The maximum absolute atomic E-state index is 14.6. The lowest BCUT2D eigenvalue weighted by Gasteiger charge is -2.64. The molecule has 2 heterocycles. The van der Waals surface area contributed by atoms with Crippen molar-refractivity contribution in [2.24, 2.45) is 47.5 Å². The largest absolute Gasteiger partial charge is 0.393 e. The molecule has 1 aliphatic heterocycles. The van der Waals surface area contributed by atoms with Crippen molar-refractivity contribution in [1.29, 1.82) is 0 Å². The monoisotopic (exact) mass is 574 g/mol. The van der Waals surface area contributed by atoms with Gasteiger partial charge in [0.05, 0.1) is 34.1 Å². The second kappa shape index (κ2) is 9.41. The minimum absolute atomic E-state index is 0.0262. The summed E-state index contributed by atoms with van der Waals surface area (Å²) in [5.74, 6) is 1.92. The maximum atomic E-state index is 14.6. The molecule has 1 aromatic heterocycles. The first kappa shape index (κ1) is 28.6. The van der Waals surface area contributed by atoms with E-state index in [0.717, 1.165) is 51.4 Å². The first-order valence-electron chi connectivity index (χ1n) is 16.6. The normalized spacial score (nSPS) is 42.5. The lowest BCUT2D eigenvalue weighted by Crippen LogP contribution is -2.66. The minimum atomic E-state index is -0.578. The molecule has 1 aromatic carbocycles. The predicted octanol–water partition coefficient (Wildman–Crippen LogP) is 6.17. The lowest BCUT2D eigenvalue weighted by molar-refractivity contribution is -0.131. The third-order valence-corrected chi connectivity index (χ3v) is 13.6. The first-order valence-corrected chi connectivity index (χ1v) is 16.6. The van der Waals surface area contributed by atoms with Gasteiger partial charge < -0.3 is 9.84 Å². The van der Waals surface area contributed by atoms with Crippen LogP contribution in [0.15, 0.2) is 46.0 Å². The van der Waals surface area contributed by atoms with E-state index in [1.54, 1.807) is 10.7 Å². The molecule has 42 heavy (non-hydrogen) atoms. The van der Waals surface area contributed by atoms with E-state index in [9.17, 15) is 14.7 Å². The number of benzene rings is 1. The van der Waals surface area contributed by atoms with Crippen molar-refractivity contribution in [3.05, 3.63) is 57.1 Å². The Kier molecular flexibility index (Phi) is 6.40. The molecule has 0 spiro atoms. The maximum Gasteiger partial charge on any atom is 0.274 e. The Morgan fingerprint density at radius 2 is 1.60 bits per heavy atom. The number of aliphatic hydroxyl groups is 1. The summed E-state index contributed by atoms with van der Waals surface area (Å²) in [6, 6.07) is 7.35. The second-order valence-corrected chi connectivity index (χ2v) is 15.9. The summed E-state index contributed by atoms with van der Waals surface area (Å²) in [7, 11) is 1.81. The summed E-state index contributed by atoms with van der Waals surface area (Å²) in [4.78, 5) is 28.5. The average molecular weight is 575 g/mol. The van der Waals surface area contributed by atoms with Gasteiger partial charge in [0.15, 0.2) is 0 Å². The molecule has 4 aliphatic carbocycles. The summed E-state index contributed by atoms with van der Waals surface area (Å²) in [6.45, 7) is 11.8. The smallest absolute Gasteiger partial charge is 0.274 e. The highest BCUT2D eigenvalue weighted by atomic mass is 16.6. The van der Waals surface area contributed by atoms with Gasteiger partial charge in [0.25, 0.3) is 11.1 Å². The Hall–Kier alpha value is -2.18. The van der Waals surface area contributed by atoms with E-state index in [1.165, 1.54) is 6.42 Å². The third-order valence-electron chi connectivity index (χ3n) is 13.6. The first-order chi connectivity index (χ1) is 19.8. The van der Waals surface area contributed by atoms with Gasteiger partial charge in [0.2, 0.25) is 0 Å². The molecule has 0 radical (unpaired) electrons. The number of epoxide rings is 1. The Balaban J connectivity index is 1.39. The van der Waals surface area contributed by atoms with Crippen LogP contribution in [-0.4, -0.2) is 32.3 Å². The van der Waals surface area contributed by atoms with Crippen molar-refractivity contribution >= 4 is 10.8 Å². The molecule has 2 aromatic rings. The topological polar surface area (TPSA) is 76.8 Å². The molecule has 0 bridgehead atoms. The molecule has 5 aliphatic rings. The highest BCUT2D eigenvalue weighted by Crippen LogP contribution is 2.70. The number of rotatable bonds is 5. The molecular weight excluding hydrogens is 524 g/mol. The molecule has 4 fully saturated rings. The van der Waals surface area contributed by atoms with Crippen molar-refractivity contribution in [1.82, 2.24) is 9.36 Å². The quantitative estimate of drug-likeness (QED) is 0.342. The predicted molar refractivity (Wildman–Crippen MR) is 166 cm³/mol. The van der Waals surface area contributed by atoms with E-state index in [-0.39, 0.29) is 51.4 Å². The number of hydrogen-bond acceptors (Lipinski definition) is 4. The van der Waals surface area contributed by atoms with Crippen molar-refractivity contribution < 1.29 is 9.84 Å². The summed E-state index contributed by atoms with van der Waals surface area (Å²) >= 11 is 0. The third kappa shape index (κ3) is 3.82. The fourth-order valence-corrected chi connectivity index (χ4v) is 11.2. The van der Waals surface area contributed by atoms with Gasteiger partial charge in [-0.2, -0.15) is 0 Å². The molecule has 6 nitrogen and oxygen atoms in total. The second-order valence-electron chi connectivity index (χ2n) is 15.9. The Bertz CT molecular complexity index is 1550. The Labute approximate surface area is 250 Å². The summed E-state index contributed by atoms with van der Waals surface area (Å²) in [5.41, 5.74) is -0.660. The highest BCUT2D eigenvalue weighted by molar-refractivity contribution is 5.80. The van der Waals surface area contributed by atoms with Crippen molar-refractivity contribution in [2.75, 3.05) is 0 Å². The SMILES string of the molecule is CC(CCC1OC1(C)C)C1CCC2C1(C)CCC1C3(C)CCC(O)CC3C=C[C@@]12n1c(=O)c2ccccc2c(=O)n1C. The summed E-state index contributed by atoms with van der Waals surface area (Å²) in [5, 5.41) is 11.7. The molecule has 6 heteroatoms. The number of aliphatic hydroxyl groups excluding tert-OH is 1. The minimum Gasteiger partial charge on any atom is -0.393 e. The van der Waals surface area contributed by atoms with Gasteiger partial charge in [-0.05, 0) is 124 Å². The van der Waals surface area contributed by atoms with Gasteiger partial charge in [-0.15, -0.1) is 0 Å². The fourth-order valence-electron chi connectivity index (χ4n) is 11.2. The van der Waals surface area contributed by atoms with E-state index in [2.05, 4.69) is 46.8 Å². The molecule has 228 valence electrons. The number of nitrogens with zero attached hydrogens (tertiary/aromatic N) is 2. The molecule has 1 N–H and O–H groups in total. The molecule has 1 saturated heterocycles. The van der Waals surface area contributed by atoms with E-state index in [1.807, 2.05) is 29.9 Å². The van der Waals surface area contributed by atoms with Crippen LogP contribution >= 0.6 is 0 Å². The van der Waals surface area contributed by atoms with Crippen LogP contribution in [0, 0.1) is 40.4 Å². The van der Waals surface area contributed by atoms with Crippen LogP contribution in [0.1, 0.15) is 92.4 Å². The van der Waals surface area contributed by atoms with E-state index >= 15 is 0 Å². The molecule has 10 atom stereocenters. The zero-order chi connectivity index (χ0) is 29.8. The summed E-state index contributed by atoms with van der Waals surface area (Å²) in [6.07, 6.45) is 14.1. The van der Waals surface area contributed by atoms with Crippen molar-refractivity contribution in [3.63, 3.8) is 0 Å². The van der Waals surface area contributed by atoms with Gasteiger partial charge >= 0.3 is 0 Å². The number of aromatic nitrogens is 2. The highest BCUT2D eigenvalue weighted by Gasteiger charge is 2.67. The average Bonchev–Trinajstić information content (AvgIpc) is 3.40. The van der Waals surface area contributed by atoms with E-state index < -0.39 is 5.54 Å². The molecular formula is C36H50N2O4. The number of fused-ring (bicyclic) bond motifs is 6. The van der Waals surface area contributed by atoms with Crippen LogP contribution < -0.4 is 11.1 Å². The number of ether oxygens (including phenoxy) is 1. The fraction of sp³-hybridized carbons (Fsp3) is 0.722. The van der Waals surface area contributed by atoms with Gasteiger partial charge in [-0.25, -0.2) is 9.36 Å². The van der Waals surface area contributed by atoms with Gasteiger partial charge in [0.1, 0.15) is 0 Å². The number of hydrogen-bond donors (Lipinski definition) is 1. The van der Waals surface area contributed by atoms with Crippen molar-refractivity contribution in [2.45, 2.75) is 116 Å². The van der Waals surface area contributed by atoms with Crippen LogP contribution in [0.2, 0.25) is 0 Å². The Morgan fingerprint density at radius 3 is 2.29 bits per heavy atom. The van der Waals surface area contributed by atoms with E-state index in [0.29, 0.717) is 28.7 Å². The molecule has 9 unspecified atom stereocenters. The molecule has 0 amide bonds. The summed E-state index contributed by atoms with van der Waals surface area (Å²) < 4.78 is 9.53. The number of allylic oxidation sites excluding steroid dienone is 2. The Morgan fingerprint density at radius 1 is 0.952 bits per heavy atom. The van der Waals surface area contributed by atoms with Gasteiger partial charge in [0, 0.05) is 7.05 Å². The van der Waals surface area contributed by atoms with Crippen LogP contribution in [0.25, 0.3) is 10.8 Å². The van der Waals surface area contributed by atoms with Gasteiger partial charge in [-0.3, -0.25) is 9.59 Å². The molecule has 3 saturated carbocycles. The molecule has 7 rings (SSSR count). The lowest BCUT2D eigenvalue weighted by atomic mass is 9.43. The van der Waals surface area contributed by atoms with Crippen molar-refractivity contribution in [3.8, 4) is 0 Å². The van der Waals surface area contributed by atoms with Gasteiger partial charge in [-0.1, -0.05) is 45.1 Å².